The van der Waals surface area contributed by atoms with Gasteiger partial charge in [-0.3, -0.25) is 9.20 Å². The molecule has 6 heteroatoms. The second-order valence-electron chi connectivity index (χ2n) is 3.97. The molecule has 0 aliphatic rings. The van der Waals surface area contributed by atoms with Gasteiger partial charge in [0, 0.05) is 17.8 Å². The number of nitrogens with one attached hydrogen (secondary N) is 1. The van der Waals surface area contributed by atoms with Crippen molar-refractivity contribution < 1.29 is 9.18 Å². The Hall–Kier alpha value is -2.21. The van der Waals surface area contributed by atoms with E-state index in [9.17, 15) is 9.18 Å². The van der Waals surface area contributed by atoms with Crippen LogP contribution in [0.1, 0.15) is 16.1 Å². The number of aromatic nitrogens is 2. The summed E-state index contributed by atoms with van der Waals surface area (Å²) in [5, 5.41) is 4.62. The van der Waals surface area contributed by atoms with E-state index in [1.54, 1.807) is 18.3 Å². The molecule has 1 N–H and O–H groups in total. The molecule has 0 spiro atoms. The topological polar surface area (TPSA) is 46.4 Å². The number of carbonyl (C=O) groups is 1. The molecule has 4 nitrogen and oxygen atoms in total. The van der Waals surface area contributed by atoms with Crippen molar-refractivity contribution in [2.45, 2.75) is 6.54 Å². The minimum absolute atomic E-state index is 0.0552. The lowest BCUT2D eigenvalue weighted by atomic mass is 10.2. The van der Waals surface area contributed by atoms with Gasteiger partial charge in [0.1, 0.15) is 5.82 Å². The van der Waals surface area contributed by atoms with Crippen molar-refractivity contribution in [1.82, 2.24) is 14.7 Å². The van der Waals surface area contributed by atoms with Crippen molar-refractivity contribution >= 4 is 22.2 Å². The average molecular weight is 275 g/mol. The van der Waals surface area contributed by atoms with Crippen LogP contribution in [0.15, 0.2) is 42.0 Å². The molecular weight excluding hydrogens is 265 g/mol. The quantitative estimate of drug-likeness (QED) is 0.798. The molecule has 3 aromatic rings. The minimum atomic E-state index is -0.516. The molecule has 0 radical (unpaired) electrons. The molecule has 0 saturated heterocycles. The molecule has 0 fully saturated rings. The van der Waals surface area contributed by atoms with Gasteiger partial charge in [-0.05, 0) is 12.1 Å². The predicted octanol–water partition coefficient (Wildman–Crippen LogP) is 2.46. The average Bonchev–Trinajstić information content (AvgIpc) is 3.00. The fourth-order valence-electron chi connectivity index (χ4n) is 1.81. The van der Waals surface area contributed by atoms with Crippen LogP contribution in [-0.4, -0.2) is 15.3 Å². The Morgan fingerprint density at radius 2 is 2.26 bits per heavy atom. The summed E-state index contributed by atoms with van der Waals surface area (Å²) in [6, 6.07) is 5.93. The van der Waals surface area contributed by atoms with Crippen molar-refractivity contribution in [1.29, 1.82) is 0 Å². The number of fused-ring (bicyclic) bond motifs is 1. The van der Waals surface area contributed by atoms with E-state index in [1.165, 1.54) is 23.5 Å². The zero-order valence-corrected chi connectivity index (χ0v) is 10.7. The summed E-state index contributed by atoms with van der Waals surface area (Å²) in [4.78, 5) is 16.9. The third-order valence-electron chi connectivity index (χ3n) is 2.77. The van der Waals surface area contributed by atoms with E-state index in [-0.39, 0.29) is 5.56 Å². The molecule has 1 amide bonds. The molecule has 0 bridgehead atoms. The fourth-order valence-corrected chi connectivity index (χ4v) is 2.66. The number of carbonyl (C=O) groups excluding carboxylic acids is 1. The number of thiazole rings is 1. The third-order valence-corrected chi connectivity index (χ3v) is 3.67. The smallest absolute Gasteiger partial charge is 0.254 e. The Kier molecular flexibility index (Phi) is 3.00. The summed E-state index contributed by atoms with van der Waals surface area (Å²) in [5.74, 6) is -0.935. The maximum Gasteiger partial charge on any atom is 0.254 e. The maximum absolute atomic E-state index is 13.4. The van der Waals surface area contributed by atoms with E-state index in [1.807, 2.05) is 16.0 Å². The largest absolute Gasteiger partial charge is 0.346 e. The number of hydrogen-bond donors (Lipinski definition) is 1. The standard InChI is InChI=1S/C13H10FN3OS/c14-11-4-2-1-3-10(11)12(18)16-7-9-8-19-13-15-5-6-17(9)13/h1-6,8H,7H2,(H,16,18). The van der Waals surface area contributed by atoms with Crippen LogP contribution in [0.25, 0.3) is 4.96 Å². The molecule has 3 rings (SSSR count). The van der Waals surface area contributed by atoms with Gasteiger partial charge in [-0.2, -0.15) is 0 Å². The molecule has 96 valence electrons. The van der Waals surface area contributed by atoms with Gasteiger partial charge in [0.15, 0.2) is 4.96 Å². The van der Waals surface area contributed by atoms with Crippen LogP contribution in [0.5, 0.6) is 0 Å². The highest BCUT2D eigenvalue weighted by Crippen LogP contribution is 2.14. The first-order valence-corrected chi connectivity index (χ1v) is 6.56. The van der Waals surface area contributed by atoms with Crippen LogP contribution in [-0.2, 0) is 6.54 Å². The van der Waals surface area contributed by atoms with E-state index >= 15 is 0 Å². The molecule has 0 aliphatic carbocycles. The van der Waals surface area contributed by atoms with E-state index in [0.717, 1.165) is 10.7 Å². The SMILES string of the molecule is O=C(NCc1csc2nccn12)c1ccccc1F. The first-order chi connectivity index (χ1) is 9.25. The third kappa shape index (κ3) is 2.22. The highest BCUT2D eigenvalue weighted by Gasteiger charge is 2.11. The van der Waals surface area contributed by atoms with E-state index in [2.05, 4.69) is 10.3 Å². The summed E-state index contributed by atoms with van der Waals surface area (Å²) < 4.78 is 15.3. The van der Waals surface area contributed by atoms with Gasteiger partial charge in [0.05, 0.1) is 17.8 Å². The molecule has 0 aliphatic heterocycles. The van der Waals surface area contributed by atoms with Crippen molar-refractivity contribution in [3.63, 3.8) is 0 Å². The Morgan fingerprint density at radius 1 is 1.42 bits per heavy atom. The number of imidazole rings is 1. The lowest BCUT2D eigenvalue weighted by molar-refractivity contribution is 0.0946. The lowest BCUT2D eigenvalue weighted by Gasteiger charge is -2.05. The molecular formula is C13H10FN3OS. The summed E-state index contributed by atoms with van der Waals surface area (Å²) in [6.07, 6.45) is 3.53. The zero-order valence-electron chi connectivity index (χ0n) is 9.84. The Bertz CT molecular complexity index is 734. The number of rotatable bonds is 3. The summed E-state index contributed by atoms with van der Waals surface area (Å²) in [5.41, 5.74) is 0.974. The van der Waals surface area contributed by atoms with Crippen LogP contribution in [0.3, 0.4) is 0 Å². The molecule has 0 saturated carbocycles. The van der Waals surface area contributed by atoms with Crippen molar-refractivity contribution in [2.24, 2.45) is 0 Å². The normalized spacial score (nSPS) is 10.8. The van der Waals surface area contributed by atoms with Crippen LogP contribution < -0.4 is 5.32 Å². The van der Waals surface area contributed by atoms with Crippen LogP contribution in [0, 0.1) is 5.82 Å². The van der Waals surface area contributed by atoms with Gasteiger partial charge in [-0.15, -0.1) is 11.3 Å². The molecule has 19 heavy (non-hydrogen) atoms. The number of nitrogens with zero attached hydrogens (tertiary/aromatic N) is 2. The van der Waals surface area contributed by atoms with Gasteiger partial charge >= 0.3 is 0 Å². The van der Waals surface area contributed by atoms with E-state index in [4.69, 9.17) is 0 Å². The number of amides is 1. The summed E-state index contributed by atoms with van der Waals surface area (Å²) in [6.45, 7) is 0.337. The highest BCUT2D eigenvalue weighted by atomic mass is 32.1. The second kappa shape index (κ2) is 4.81. The Morgan fingerprint density at radius 3 is 3.11 bits per heavy atom. The highest BCUT2D eigenvalue weighted by molar-refractivity contribution is 7.15. The molecule has 2 heterocycles. The monoisotopic (exact) mass is 275 g/mol. The van der Waals surface area contributed by atoms with E-state index in [0.29, 0.717) is 6.54 Å². The van der Waals surface area contributed by atoms with Gasteiger partial charge in [0.2, 0.25) is 0 Å². The molecule has 0 unspecified atom stereocenters. The van der Waals surface area contributed by atoms with E-state index < -0.39 is 11.7 Å². The van der Waals surface area contributed by atoms with Crippen molar-refractivity contribution in [2.75, 3.05) is 0 Å². The van der Waals surface area contributed by atoms with Gasteiger partial charge < -0.3 is 5.32 Å². The predicted molar refractivity (Wildman–Crippen MR) is 70.6 cm³/mol. The van der Waals surface area contributed by atoms with Gasteiger partial charge in [0.25, 0.3) is 5.91 Å². The maximum atomic E-state index is 13.4. The first kappa shape index (κ1) is 11.9. The fraction of sp³-hybridized carbons (Fsp3) is 0.0769. The van der Waals surface area contributed by atoms with Crippen molar-refractivity contribution in [3.8, 4) is 0 Å². The summed E-state index contributed by atoms with van der Waals surface area (Å²) >= 11 is 1.50. The molecule has 0 atom stereocenters. The first-order valence-electron chi connectivity index (χ1n) is 5.68. The van der Waals surface area contributed by atoms with Crippen LogP contribution in [0.4, 0.5) is 4.39 Å². The Labute approximate surface area is 112 Å². The lowest BCUT2D eigenvalue weighted by Crippen LogP contribution is -2.24. The van der Waals surface area contributed by atoms with Crippen molar-refractivity contribution in [3.05, 3.63) is 59.1 Å². The van der Waals surface area contributed by atoms with Gasteiger partial charge in [-0.25, -0.2) is 9.37 Å². The number of hydrogen-bond acceptors (Lipinski definition) is 3. The number of halogens is 1. The Balaban J connectivity index is 1.75. The minimum Gasteiger partial charge on any atom is -0.346 e. The zero-order chi connectivity index (χ0) is 13.2. The van der Waals surface area contributed by atoms with Crippen LogP contribution in [0.2, 0.25) is 0 Å². The van der Waals surface area contributed by atoms with Crippen LogP contribution >= 0.6 is 11.3 Å². The second-order valence-corrected chi connectivity index (χ2v) is 4.81. The number of benzene rings is 1. The molecule has 2 aromatic heterocycles. The van der Waals surface area contributed by atoms with Gasteiger partial charge in [-0.1, -0.05) is 12.1 Å². The summed E-state index contributed by atoms with van der Waals surface area (Å²) in [7, 11) is 0. The molecule has 1 aromatic carbocycles.